The molecule has 1 aromatic rings. The fourth-order valence-corrected chi connectivity index (χ4v) is 1.82. The van der Waals surface area contributed by atoms with Crippen LogP contribution in [-0.2, 0) is 4.79 Å². The summed E-state index contributed by atoms with van der Waals surface area (Å²) in [6, 6.07) is 0.310. The van der Waals surface area contributed by atoms with Gasteiger partial charge in [-0.15, -0.1) is 0 Å². The number of amides is 1. The van der Waals surface area contributed by atoms with Gasteiger partial charge >= 0.3 is 6.01 Å². The Labute approximate surface area is 118 Å². The summed E-state index contributed by atoms with van der Waals surface area (Å²) in [7, 11) is 1.75. The lowest BCUT2D eigenvalue weighted by atomic mass is 10.4. The fraction of sp³-hybridized carbons (Fsp3) is 0.667. The highest BCUT2D eigenvalue weighted by Gasteiger charge is 2.18. The van der Waals surface area contributed by atoms with Crippen molar-refractivity contribution in [3.63, 3.8) is 0 Å². The van der Waals surface area contributed by atoms with E-state index < -0.39 is 0 Å². The molecule has 0 radical (unpaired) electrons. The van der Waals surface area contributed by atoms with Crippen LogP contribution in [0.1, 0.15) is 19.8 Å². The minimum atomic E-state index is 0.0536. The van der Waals surface area contributed by atoms with Gasteiger partial charge in [0, 0.05) is 33.1 Å². The van der Waals surface area contributed by atoms with Gasteiger partial charge in [-0.2, -0.15) is 15.0 Å². The molecule has 0 bridgehead atoms. The maximum atomic E-state index is 11.4. The largest absolute Gasteiger partial charge is 0.463 e. The predicted molar refractivity (Wildman–Crippen MR) is 75.0 cm³/mol. The number of ether oxygens (including phenoxy) is 1. The van der Waals surface area contributed by atoms with Crippen molar-refractivity contribution in [3.8, 4) is 6.01 Å². The summed E-state index contributed by atoms with van der Waals surface area (Å²) in [6.07, 6.45) is 1.32. The number of carbonyl (C=O) groups is 1. The van der Waals surface area contributed by atoms with Gasteiger partial charge in [-0.1, -0.05) is 6.92 Å². The van der Waals surface area contributed by atoms with Gasteiger partial charge < -0.3 is 20.3 Å². The van der Waals surface area contributed by atoms with Gasteiger partial charge in [0.2, 0.25) is 17.8 Å². The van der Waals surface area contributed by atoms with Crippen LogP contribution in [0.25, 0.3) is 0 Å². The molecule has 1 saturated heterocycles. The maximum Gasteiger partial charge on any atom is 0.323 e. The summed E-state index contributed by atoms with van der Waals surface area (Å²) in [5, 5.41) is 5.72. The van der Waals surface area contributed by atoms with E-state index in [0.29, 0.717) is 50.6 Å². The Morgan fingerprint density at radius 1 is 1.35 bits per heavy atom. The Kier molecular flexibility index (Phi) is 4.91. The molecular formula is C12H20N6O2. The van der Waals surface area contributed by atoms with Crippen LogP contribution in [-0.4, -0.2) is 54.1 Å². The number of hydrogen-bond donors (Lipinski definition) is 2. The number of anilines is 2. The van der Waals surface area contributed by atoms with Crippen molar-refractivity contribution < 1.29 is 9.53 Å². The molecule has 0 unspecified atom stereocenters. The van der Waals surface area contributed by atoms with Crippen molar-refractivity contribution in [3.05, 3.63) is 0 Å². The third-order valence-corrected chi connectivity index (χ3v) is 2.86. The van der Waals surface area contributed by atoms with E-state index in [2.05, 4.69) is 25.6 Å². The van der Waals surface area contributed by atoms with E-state index in [1.54, 1.807) is 7.05 Å². The normalized spacial score (nSPS) is 15.5. The number of aromatic nitrogens is 3. The van der Waals surface area contributed by atoms with E-state index in [1.807, 2.05) is 11.8 Å². The zero-order valence-corrected chi connectivity index (χ0v) is 11.8. The van der Waals surface area contributed by atoms with Crippen LogP contribution < -0.4 is 20.3 Å². The molecule has 110 valence electrons. The zero-order chi connectivity index (χ0) is 14.4. The molecule has 2 rings (SSSR count). The SMILES string of the molecule is CCCOc1nc(NC)nc(N2CCNC(=O)CC2)n1. The fourth-order valence-electron chi connectivity index (χ4n) is 1.82. The van der Waals surface area contributed by atoms with Gasteiger partial charge in [0.25, 0.3) is 0 Å². The van der Waals surface area contributed by atoms with Gasteiger partial charge in [0.15, 0.2) is 0 Å². The molecule has 0 saturated carbocycles. The van der Waals surface area contributed by atoms with E-state index in [4.69, 9.17) is 4.74 Å². The predicted octanol–water partition coefficient (Wildman–Crippen LogP) is 0.0284. The Bertz CT molecular complexity index is 467. The smallest absolute Gasteiger partial charge is 0.323 e. The first-order valence-corrected chi connectivity index (χ1v) is 6.81. The average Bonchev–Trinajstić information content (AvgIpc) is 2.69. The summed E-state index contributed by atoms with van der Waals surface area (Å²) < 4.78 is 5.47. The molecule has 8 heteroatoms. The molecule has 1 fully saturated rings. The number of hydrogen-bond acceptors (Lipinski definition) is 7. The third-order valence-electron chi connectivity index (χ3n) is 2.86. The first-order chi connectivity index (χ1) is 9.72. The van der Waals surface area contributed by atoms with Crippen LogP contribution in [0, 0.1) is 0 Å². The second kappa shape index (κ2) is 6.88. The first kappa shape index (κ1) is 14.3. The number of nitrogens with zero attached hydrogens (tertiary/aromatic N) is 4. The average molecular weight is 280 g/mol. The van der Waals surface area contributed by atoms with Crippen LogP contribution in [0.4, 0.5) is 11.9 Å². The minimum Gasteiger partial charge on any atom is -0.463 e. The highest BCUT2D eigenvalue weighted by atomic mass is 16.5. The monoisotopic (exact) mass is 280 g/mol. The van der Waals surface area contributed by atoms with Crippen molar-refractivity contribution in [1.29, 1.82) is 0 Å². The Hall–Kier alpha value is -2.12. The molecule has 2 heterocycles. The Balaban J connectivity index is 2.18. The summed E-state index contributed by atoms with van der Waals surface area (Å²) in [5.74, 6) is 1.05. The molecule has 1 aliphatic rings. The maximum absolute atomic E-state index is 11.4. The molecule has 1 aliphatic heterocycles. The first-order valence-electron chi connectivity index (χ1n) is 6.81. The molecule has 8 nitrogen and oxygen atoms in total. The lowest BCUT2D eigenvalue weighted by molar-refractivity contribution is -0.120. The summed E-state index contributed by atoms with van der Waals surface area (Å²) >= 11 is 0. The molecule has 1 amide bonds. The molecular weight excluding hydrogens is 260 g/mol. The summed E-state index contributed by atoms with van der Waals surface area (Å²) in [6.45, 7) is 4.43. The van der Waals surface area contributed by atoms with Gasteiger partial charge in [-0.25, -0.2) is 0 Å². The second-order valence-corrected chi connectivity index (χ2v) is 4.43. The van der Waals surface area contributed by atoms with E-state index in [-0.39, 0.29) is 5.91 Å². The molecule has 2 N–H and O–H groups in total. The van der Waals surface area contributed by atoms with E-state index in [9.17, 15) is 4.79 Å². The standard InChI is InChI=1S/C12H20N6O2/c1-3-8-20-12-16-10(13-2)15-11(17-12)18-6-4-9(19)14-5-7-18/h3-8H2,1-2H3,(H,14,19)(H,13,15,16,17). The van der Waals surface area contributed by atoms with Crippen molar-refractivity contribution >= 4 is 17.8 Å². The van der Waals surface area contributed by atoms with Crippen LogP contribution in [0.5, 0.6) is 6.01 Å². The van der Waals surface area contributed by atoms with Crippen LogP contribution in [0.2, 0.25) is 0 Å². The molecule has 0 atom stereocenters. The van der Waals surface area contributed by atoms with E-state index in [1.165, 1.54) is 0 Å². The lowest BCUT2D eigenvalue weighted by Gasteiger charge is -2.20. The lowest BCUT2D eigenvalue weighted by Crippen LogP contribution is -2.30. The highest BCUT2D eigenvalue weighted by Crippen LogP contribution is 2.15. The Morgan fingerprint density at radius 2 is 2.20 bits per heavy atom. The third kappa shape index (κ3) is 3.69. The van der Waals surface area contributed by atoms with Crippen LogP contribution >= 0.6 is 0 Å². The van der Waals surface area contributed by atoms with Gasteiger partial charge in [0.1, 0.15) is 0 Å². The summed E-state index contributed by atoms with van der Waals surface area (Å²) in [4.78, 5) is 26.1. The van der Waals surface area contributed by atoms with Crippen LogP contribution in [0.3, 0.4) is 0 Å². The molecule has 0 spiro atoms. The van der Waals surface area contributed by atoms with Crippen molar-refractivity contribution in [2.75, 3.05) is 43.5 Å². The molecule has 20 heavy (non-hydrogen) atoms. The number of nitrogens with one attached hydrogen (secondary N) is 2. The molecule has 1 aromatic heterocycles. The van der Waals surface area contributed by atoms with Gasteiger partial charge in [-0.3, -0.25) is 4.79 Å². The van der Waals surface area contributed by atoms with Crippen LogP contribution in [0.15, 0.2) is 0 Å². The number of carbonyl (C=O) groups excluding carboxylic acids is 1. The summed E-state index contributed by atoms with van der Waals surface area (Å²) in [5.41, 5.74) is 0. The minimum absolute atomic E-state index is 0.0536. The quantitative estimate of drug-likeness (QED) is 0.786. The van der Waals surface area contributed by atoms with Gasteiger partial charge in [-0.05, 0) is 6.42 Å². The highest BCUT2D eigenvalue weighted by molar-refractivity contribution is 5.77. The molecule has 0 aromatic carbocycles. The van der Waals surface area contributed by atoms with Crippen molar-refractivity contribution in [2.45, 2.75) is 19.8 Å². The topological polar surface area (TPSA) is 92.3 Å². The van der Waals surface area contributed by atoms with Crippen molar-refractivity contribution in [1.82, 2.24) is 20.3 Å². The Morgan fingerprint density at radius 3 is 2.95 bits per heavy atom. The molecule has 0 aliphatic carbocycles. The number of rotatable bonds is 5. The van der Waals surface area contributed by atoms with E-state index in [0.717, 1.165) is 6.42 Å². The second-order valence-electron chi connectivity index (χ2n) is 4.43. The zero-order valence-electron chi connectivity index (χ0n) is 11.8. The van der Waals surface area contributed by atoms with Gasteiger partial charge in [0.05, 0.1) is 6.61 Å². The van der Waals surface area contributed by atoms with E-state index >= 15 is 0 Å². The van der Waals surface area contributed by atoms with Crippen molar-refractivity contribution in [2.24, 2.45) is 0 Å².